The van der Waals surface area contributed by atoms with Crippen LogP contribution >= 0.6 is 11.3 Å². The molecule has 2 aromatic heterocycles. The number of fused-ring (bicyclic) bond motifs is 1. The second-order valence-electron chi connectivity index (χ2n) is 7.45. The van der Waals surface area contributed by atoms with Crippen molar-refractivity contribution in [1.29, 1.82) is 0 Å². The van der Waals surface area contributed by atoms with Gasteiger partial charge >= 0.3 is 0 Å². The molecular weight excluding hydrogens is 424 g/mol. The topological polar surface area (TPSA) is 76.5 Å². The quantitative estimate of drug-likeness (QED) is 0.458. The Hall–Kier alpha value is -3.65. The van der Waals surface area contributed by atoms with Gasteiger partial charge in [0.15, 0.2) is 0 Å². The lowest BCUT2D eigenvalue weighted by molar-refractivity contribution is -0.116. The van der Waals surface area contributed by atoms with E-state index >= 15 is 0 Å². The molecule has 8 heteroatoms. The first-order valence-corrected chi connectivity index (χ1v) is 11.1. The fourth-order valence-corrected chi connectivity index (χ4v) is 4.29. The van der Waals surface area contributed by atoms with E-state index in [9.17, 15) is 9.59 Å². The van der Waals surface area contributed by atoms with Gasteiger partial charge < -0.3 is 15.0 Å². The van der Waals surface area contributed by atoms with E-state index in [-0.39, 0.29) is 18.0 Å². The highest BCUT2D eigenvalue weighted by molar-refractivity contribution is 7.17. The molecule has 164 valence electrons. The molecule has 0 aliphatic heterocycles. The Morgan fingerprint density at radius 1 is 1.12 bits per heavy atom. The van der Waals surface area contributed by atoms with Crippen molar-refractivity contribution in [3.63, 3.8) is 0 Å². The average molecular weight is 449 g/mol. The zero-order chi connectivity index (χ0) is 22.7. The Morgan fingerprint density at radius 3 is 2.50 bits per heavy atom. The number of anilines is 2. The lowest BCUT2D eigenvalue weighted by Crippen LogP contribution is -2.27. The maximum absolute atomic E-state index is 13.2. The van der Waals surface area contributed by atoms with Gasteiger partial charge in [0.2, 0.25) is 5.91 Å². The minimum absolute atomic E-state index is 0.115. The van der Waals surface area contributed by atoms with Crippen molar-refractivity contribution in [3.05, 3.63) is 70.6 Å². The van der Waals surface area contributed by atoms with E-state index in [1.165, 1.54) is 22.2 Å². The van der Waals surface area contributed by atoms with Crippen molar-refractivity contribution in [2.45, 2.75) is 13.5 Å². The van der Waals surface area contributed by atoms with Crippen LogP contribution in [0, 0.1) is 0 Å². The van der Waals surface area contributed by atoms with E-state index in [2.05, 4.69) is 10.3 Å². The van der Waals surface area contributed by atoms with Crippen molar-refractivity contribution in [2.75, 3.05) is 30.9 Å². The van der Waals surface area contributed by atoms with Crippen LogP contribution in [0.25, 0.3) is 21.3 Å². The van der Waals surface area contributed by atoms with Crippen molar-refractivity contribution in [3.8, 4) is 16.9 Å². The van der Waals surface area contributed by atoms with Gasteiger partial charge in [0.05, 0.1) is 18.3 Å². The smallest absolute Gasteiger partial charge is 0.263 e. The number of nitrogens with one attached hydrogen (secondary N) is 1. The molecule has 32 heavy (non-hydrogen) atoms. The molecule has 0 spiro atoms. The molecular formula is C24H24N4O3S. The molecule has 1 N–H and O–H groups in total. The van der Waals surface area contributed by atoms with Crippen molar-refractivity contribution in [2.24, 2.45) is 0 Å². The molecule has 0 bridgehead atoms. The number of hydrogen-bond donors (Lipinski definition) is 1. The first-order valence-electron chi connectivity index (χ1n) is 10.2. The van der Waals surface area contributed by atoms with Crippen LogP contribution < -0.4 is 20.5 Å². The molecule has 0 radical (unpaired) electrons. The summed E-state index contributed by atoms with van der Waals surface area (Å²) in [4.78, 5) is 32.8. The fourth-order valence-electron chi connectivity index (χ4n) is 3.39. The highest BCUT2D eigenvalue weighted by Crippen LogP contribution is 2.31. The summed E-state index contributed by atoms with van der Waals surface area (Å²) < 4.78 is 6.84. The minimum atomic E-state index is -0.288. The summed E-state index contributed by atoms with van der Waals surface area (Å²) in [5.74, 6) is 0.491. The number of carbonyl (C=O) groups is 1. The molecule has 7 nitrogen and oxygen atoms in total. The number of ether oxygens (including phenoxy) is 1. The molecule has 4 rings (SSSR count). The van der Waals surface area contributed by atoms with Crippen LogP contribution in [0.1, 0.15) is 6.92 Å². The van der Waals surface area contributed by atoms with Gasteiger partial charge in [-0.25, -0.2) is 4.98 Å². The van der Waals surface area contributed by atoms with Crippen molar-refractivity contribution in [1.82, 2.24) is 9.55 Å². The monoisotopic (exact) mass is 448 g/mol. The van der Waals surface area contributed by atoms with Crippen LogP contribution in [0.5, 0.6) is 5.75 Å². The Morgan fingerprint density at radius 2 is 1.84 bits per heavy atom. The Balaban J connectivity index is 1.57. The number of benzene rings is 2. The van der Waals surface area contributed by atoms with Gasteiger partial charge in [-0.1, -0.05) is 12.1 Å². The summed E-state index contributed by atoms with van der Waals surface area (Å²) in [6.45, 7) is 2.41. The standard InChI is InChI=1S/C24H24N4O3S/c1-4-31-19-11-5-16(6-12-19)20-14-32-23-22(20)24(30)28(15-25-23)13-21(29)26-17-7-9-18(10-8-17)27(2)3/h5-12,14-15H,4,13H2,1-3H3,(H,26,29). The lowest BCUT2D eigenvalue weighted by atomic mass is 10.1. The van der Waals surface area contributed by atoms with Crippen molar-refractivity contribution < 1.29 is 9.53 Å². The minimum Gasteiger partial charge on any atom is -0.494 e. The summed E-state index contributed by atoms with van der Waals surface area (Å²) in [5, 5.41) is 5.27. The van der Waals surface area contributed by atoms with E-state index in [4.69, 9.17) is 4.74 Å². The second kappa shape index (κ2) is 9.23. The van der Waals surface area contributed by atoms with E-state index < -0.39 is 0 Å². The predicted octanol–water partition coefficient (Wildman–Crippen LogP) is 4.23. The first kappa shape index (κ1) is 21.6. The number of nitrogens with zero attached hydrogens (tertiary/aromatic N) is 3. The maximum atomic E-state index is 13.2. The number of amides is 1. The van der Waals surface area contributed by atoms with Gasteiger partial charge in [-0.2, -0.15) is 0 Å². The Bertz CT molecular complexity index is 1290. The first-order chi connectivity index (χ1) is 15.5. The molecule has 0 aliphatic rings. The fraction of sp³-hybridized carbons (Fsp3) is 0.208. The van der Waals surface area contributed by atoms with Crippen LogP contribution in [0.3, 0.4) is 0 Å². The SMILES string of the molecule is CCOc1ccc(-c2csc3ncn(CC(=O)Nc4ccc(N(C)C)cc4)c(=O)c23)cc1. The van der Waals surface area contributed by atoms with Gasteiger partial charge in [-0.05, 0) is 48.9 Å². The van der Waals surface area contributed by atoms with Crippen LogP contribution in [0.4, 0.5) is 11.4 Å². The Labute approximate surface area is 189 Å². The molecule has 1 amide bonds. The number of rotatable bonds is 7. The highest BCUT2D eigenvalue weighted by Gasteiger charge is 2.15. The van der Waals surface area contributed by atoms with Gasteiger partial charge in [-0.15, -0.1) is 11.3 Å². The van der Waals surface area contributed by atoms with Gasteiger partial charge in [0.1, 0.15) is 17.1 Å². The maximum Gasteiger partial charge on any atom is 0.263 e. The van der Waals surface area contributed by atoms with Crippen LogP contribution in [-0.4, -0.2) is 36.2 Å². The third kappa shape index (κ3) is 4.50. The molecule has 2 heterocycles. The molecule has 4 aromatic rings. The number of hydrogen-bond acceptors (Lipinski definition) is 6. The second-order valence-corrected chi connectivity index (χ2v) is 8.31. The third-order valence-electron chi connectivity index (χ3n) is 5.02. The van der Waals surface area contributed by atoms with E-state index in [1.807, 2.05) is 79.8 Å². The zero-order valence-corrected chi connectivity index (χ0v) is 19.0. The van der Waals surface area contributed by atoms with Gasteiger partial charge in [0.25, 0.3) is 5.56 Å². The van der Waals surface area contributed by atoms with Crippen LogP contribution in [0.15, 0.2) is 65.0 Å². The Kier molecular flexibility index (Phi) is 6.23. The van der Waals surface area contributed by atoms with Crippen LogP contribution in [0.2, 0.25) is 0 Å². The number of thiophene rings is 1. The lowest BCUT2D eigenvalue weighted by Gasteiger charge is -2.13. The van der Waals surface area contributed by atoms with Crippen LogP contribution in [-0.2, 0) is 11.3 Å². The van der Waals surface area contributed by atoms with Crippen molar-refractivity contribution >= 4 is 38.8 Å². The highest BCUT2D eigenvalue weighted by atomic mass is 32.1. The summed E-state index contributed by atoms with van der Waals surface area (Å²) in [7, 11) is 3.91. The largest absolute Gasteiger partial charge is 0.494 e. The van der Waals surface area contributed by atoms with Gasteiger partial charge in [0, 0.05) is 36.4 Å². The molecule has 2 aromatic carbocycles. The molecule has 0 saturated heterocycles. The molecule has 0 aliphatic carbocycles. The average Bonchev–Trinajstić information content (AvgIpc) is 3.22. The van der Waals surface area contributed by atoms with E-state index in [0.29, 0.717) is 22.5 Å². The van der Waals surface area contributed by atoms with Gasteiger partial charge in [-0.3, -0.25) is 14.2 Å². The summed E-state index contributed by atoms with van der Waals surface area (Å²) in [5.41, 5.74) is 3.18. The summed E-state index contributed by atoms with van der Waals surface area (Å²) in [6.07, 6.45) is 1.43. The molecule has 0 saturated carbocycles. The normalized spacial score (nSPS) is 10.8. The third-order valence-corrected chi connectivity index (χ3v) is 5.90. The number of carbonyl (C=O) groups excluding carboxylic acids is 1. The van der Waals surface area contributed by atoms with E-state index in [0.717, 1.165) is 22.6 Å². The number of aromatic nitrogens is 2. The van der Waals surface area contributed by atoms with E-state index in [1.54, 1.807) is 0 Å². The summed E-state index contributed by atoms with van der Waals surface area (Å²) >= 11 is 1.41. The molecule has 0 fully saturated rings. The molecule has 0 atom stereocenters. The predicted molar refractivity (Wildman–Crippen MR) is 130 cm³/mol. The summed E-state index contributed by atoms with van der Waals surface area (Å²) in [6, 6.07) is 15.1. The molecule has 0 unspecified atom stereocenters. The zero-order valence-electron chi connectivity index (χ0n) is 18.2.